The van der Waals surface area contributed by atoms with Crippen molar-refractivity contribution >= 4 is 5.69 Å². The summed E-state index contributed by atoms with van der Waals surface area (Å²) in [4.78, 5) is 13.2. The normalized spacial score (nSPS) is 14.9. The fraction of sp³-hybridized carbons (Fsp3) is 0.316. The molecule has 0 fully saturated rings. The molecular weight excluding hydrogens is 298 g/mol. The highest BCUT2D eigenvalue weighted by Crippen LogP contribution is 2.25. The van der Waals surface area contributed by atoms with Gasteiger partial charge in [0.05, 0.1) is 23.6 Å². The minimum Gasteiger partial charge on any atom is -0.377 e. The molecule has 1 aromatic carbocycles. The first-order chi connectivity index (χ1) is 11.8. The zero-order valence-electron chi connectivity index (χ0n) is 13.8. The molecule has 1 aliphatic heterocycles. The summed E-state index contributed by atoms with van der Waals surface area (Å²) in [6.45, 7) is 3.18. The Morgan fingerprint density at radius 3 is 2.75 bits per heavy atom. The quantitative estimate of drug-likeness (QED) is 0.793. The average Bonchev–Trinajstić information content (AvgIpc) is 3.07. The zero-order chi connectivity index (χ0) is 16.4. The van der Waals surface area contributed by atoms with E-state index in [0.29, 0.717) is 0 Å². The fourth-order valence-corrected chi connectivity index (χ4v) is 3.15. The highest BCUT2D eigenvalue weighted by Gasteiger charge is 2.13. The van der Waals surface area contributed by atoms with Crippen LogP contribution < -0.4 is 5.32 Å². The summed E-state index contributed by atoms with van der Waals surface area (Å²) in [5, 5.41) is 3.46. The molecule has 0 saturated carbocycles. The van der Waals surface area contributed by atoms with Gasteiger partial charge < -0.3 is 9.88 Å². The molecule has 1 atom stereocenters. The van der Waals surface area contributed by atoms with Crippen LogP contribution in [0.3, 0.4) is 0 Å². The summed E-state index contributed by atoms with van der Waals surface area (Å²) >= 11 is 0. The third kappa shape index (κ3) is 3.02. The van der Waals surface area contributed by atoms with E-state index in [-0.39, 0.29) is 6.04 Å². The van der Waals surface area contributed by atoms with Gasteiger partial charge >= 0.3 is 0 Å². The topological polar surface area (TPSA) is 55.6 Å². The van der Waals surface area contributed by atoms with Crippen LogP contribution in [0.5, 0.6) is 0 Å². The van der Waals surface area contributed by atoms with Crippen LogP contribution in [0.15, 0.2) is 49.1 Å². The fourth-order valence-electron chi connectivity index (χ4n) is 3.15. The average molecular weight is 319 g/mol. The summed E-state index contributed by atoms with van der Waals surface area (Å²) < 4.78 is 2.29. The molecule has 5 nitrogen and oxygen atoms in total. The van der Waals surface area contributed by atoms with Gasteiger partial charge in [-0.2, -0.15) is 0 Å². The van der Waals surface area contributed by atoms with Crippen LogP contribution in [-0.2, 0) is 13.0 Å². The number of nitrogens with zero attached hydrogens (tertiary/aromatic N) is 4. The lowest BCUT2D eigenvalue weighted by Gasteiger charge is -2.14. The number of hydrogen-bond donors (Lipinski definition) is 1. The smallest absolute Gasteiger partial charge is 0.109 e. The van der Waals surface area contributed by atoms with E-state index in [1.165, 1.54) is 18.7 Å². The van der Waals surface area contributed by atoms with Crippen LogP contribution in [0.4, 0.5) is 5.69 Å². The van der Waals surface area contributed by atoms with Gasteiger partial charge in [0.15, 0.2) is 0 Å². The van der Waals surface area contributed by atoms with Gasteiger partial charge in [-0.05, 0) is 31.9 Å². The second-order valence-corrected chi connectivity index (χ2v) is 6.27. The van der Waals surface area contributed by atoms with Crippen molar-refractivity contribution < 1.29 is 0 Å². The molecule has 0 amide bonds. The second-order valence-electron chi connectivity index (χ2n) is 6.27. The minimum absolute atomic E-state index is 0.115. The number of nitrogens with one attached hydrogen (secondary N) is 1. The zero-order valence-corrected chi connectivity index (χ0v) is 13.8. The Bertz CT molecular complexity index is 784. The first kappa shape index (κ1) is 14.9. The third-order valence-electron chi connectivity index (χ3n) is 4.50. The van der Waals surface area contributed by atoms with Gasteiger partial charge in [-0.25, -0.2) is 4.98 Å². The van der Waals surface area contributed by atoms with Crippen molar-refractivity contribution in [3.63, 3.8) is 0 Å². The molecule has 1 unspecified atom stereocenters. The lowest BCUT2D eigenvalue weighted by atomic mass is 10.1. The standard InChI is InChI=1S/C19H21N5/c1-14(17-12-20-9-10-21-17)22-16-7-5-15(6-8-16)18-13-24-11-3-2-4-19(24)23-18/h5-10,12-14,22H,2-4,11H2,1H3. The largest absolute Gasteiger partial charge is 0.377 e. The van der Waals surface area contributed by atoms with Crippen molar-refractivity contribution in [3.8, 4) is 11.3 Å². The number of rotatable bonds is 4. The van der Waals surface area contributed by atoms with Gasteiger partial charge in [-0.15, -0.1) is 0 Å². The molecule has 0 bridgehead atoms. The molecule has 3 heterocycles. The van der Waals surface area contributed by atoms with E-state index in [4.69, 9.17) is 4.98 Å². The molecule has 1 N–H and O–H groups in total. The van der Waals surface area contributed by atoms with E-state index < -0.39 is 0 Å². The lowest BCUT2D eigenvalue weighted by Crippen LogP contribution is -2.08. The maximum Gasteiger partial charge on any atom is 0.109 e. The Morgan fingerprint density at radius 2 is 2.00 bits per heavy atom. The SMILES string of the molecule is CC(Nc1ccc(-c2cn3c(n2)CCCC3)cc1)c1cnccn1. The second kappa shape index (κ2) is 6.43. The molecule has 0 radical (unpaired) electrons. The summed E-state index contributed by atoms with van der Waals surface area (Å²) in [7, 11) is 0. The Labute approximate surface area is 141 Å². The molecule has 3 aromatic rings. The van der Waals surface area contributed by atoms with Crippen molar-refractivity contribution in [3.05, 3.63) is 60.6 Å². The molecule has 5 heteroatoms. The van der Waals surface area contributed by atoms with E-state index in [9.17, 15) is 0 Å². The summed E-state index contributed by atoms with van der Waals surface area (Å²) in [6.07, 6.45) is 11.0. The van der Waals surface area contributed by atoms with E-state index in [2.05, 4.69) is 57.2 Å². The molecule has 2 aromatic heterocycles. The molecule has 4 rings (SSSR count). The molecule has 0 aliphatic carbocycles. The summed E-state index contributed by atoms with van der Waals surface area (Å²) in [5.41, 5.74) is 4.24. The maximum absolute atomic E-state index is 4.78. The number of hydrogen-bond acceptors (Lipinski definition) is 4. The van der Waals surface area contributed by atoms with Crippen LogP contribution in [0, 0.1) is 0 Å². The highest BCUT2D eigenvalue weighted by molar-refractivity contribution is 5.62. The van der Waals surface area contributed by atoms with E-state index >= 15 is 0 Å². The maximum atomic E-state index is 4.78. The van der Waals surface area contributed by atoms with E-state index in [0.717, 1.165) is 35.6 Å². The summed E-state index contributed by atoms with van der Waals surface area (Å²) in [6, 6.07) is 8.56. The summed E-state index contributed by atoms with van der Waals surface area (Å²) in [5.74, 6) is 1.22. The lowest BCUT2D eigenvalue weighted by molar-refractivity contribution is 0.522. The van der Waals surface area contributed by atoms with E-state index in [1.807, 2.05) is 0 Å². The predicted octanol–water partition coefficient (Wildman–Crippen LogP) is 3.85. The van der Waals surface area contributed by atoms with Crippen LogP contribution >= 0.6 is 0 Å². The van der Waals surface area contributed by atoms with Gasteiger partial charge in [0, 0.05) is 42.8 Å². The first-order valence-electron chi connectivity index (χ1n) is 8.48. The molecule has 24 heavy (non-hydrogen) atoms. The van der Waals surface area contributed by atoms with Crippen LogP contribution in [0.2, 0.25) is 0 Å². The number of aryl methyl sites for hydroxylation is 2. The minimum atomic E-state index is 0.115. The van der Waals surface area contributed by atoms with Crippen molar-refractivity contribution in [1.82, 2.24) is 19.5 Å². The first-order valence-corrected chi connectivity index (χ1v) is 8.48. The Morgan fingerprint density at radius 1 is 1.12 bits per heavy atom. The number of fused-ring (bicyclic) bond motifs is 1. The number of aromatic nitrogens is 4. The molecule has 1 aliphatic rings. The monoisotopic (exact) mass is 319 g/mol. The van der Waals surface area contributed by atoms with Crippen molar-refractivity contribution in [2.24, 2.45) is 0 Å². The van der Waals surface area contributed by atoms with Crippen molar-refractivity contribution in [2.75, 3.05) is 5.32 Å². The Balaban J connectivity index is 1.49. The van der Waals surface area contributed by atoms with Crippen LogP contribution in [0.25, 0.3) is 11.3 Å². The molecule has 122 valence electrons. The van der Waals surface area contributed by atoms with Crippen molar-refractivity contribution in [1.29, 1.82) is 0 Å². The Hall–Kier alpha value is -2.69. The van der Waals surface area contributed by atoms with E-state index in [1.54, 1.807) is 18.6 Å². The van der Waals surface area contributed by atoms with Crippen molar-refractivity contribution in [2.45, 2.75) is 38.8 Å². The predicted molar refractivity (Wildman–Crippen MR) is 94.7 cm³/mol. The van der Waals surface area contributed by atoms with Gasteiger partial charge in [-0.3, -0.25) is 9.97 Å². The number of imidazole rings is 1. The van der Waals surface area contributed by atoms with Crippen LogP contribution in [0.1, 0.15) is 37.3 Å². The van der Waals surface area contributed by atoms with Gasteiger partial charge in [0.25, 0.3) is 0 Å². The number of benzene rings is 1. The Kier molecular flexibility index (Phi) is 3.99. The van der Waals surface area contributed by atoms with Gasteiger partial charge in [0.2, 0.25) is 0 Å². The molecule has 0 spiro atoms. The molecule has 0 saturated heterocycles. The van der Waals surface area contributed by atoms with Gasteiger partial charge in [-0.1, -0.05) is 12.1 Å². The molecular formula is C19H21N5. The van der Waals surface area contributed by atoms with Crippen LogP contribution in [-0.4, -0.2) is 19.5 Å². The highest BCUT2D eigenvalue weighted by atomic mass is 15.1. The number of anilines is 1. The van der Waals surface area contributed by atoms with Gasteiger partial charge in [0.1, 0.15) is 5.82 Å². The third-order valence-corrected chi connectivity index (χ3v) is 4.50.